The molecule has 0 radical (unpaired) electrons. The van der Waals surface area contributed by atoms with Gasteiger partial charge in [-0.05, 0) is 42.9 Å². The molecule has 0 saturated carbocycles. The van der Waals surface area contributed by atoms with Gasteiger partial charge in [-0.1, -0.05) is 30.3 Å². The van der Waals surface area contributed by atoms with E-state index in [1.165, 1.54) is 12.0 Å². The van der Waals surface area contributed by atoms with E-state index in [9.17, 15) is 14.7 Å². The number of piperidine rings is 1. The SMILES string of the molecule is COc1ncccc1C(=O)NCC1CCN(C(=O)O)C(Cc2ccccc2)C1. The summed E-state index contributed by atoms with van der Waals surface area (Å²) in [7, 11) is 1.48. The lowest BCUT2D eigenvalue weighted by Gasteiger charge is -2.38. The van der Waals surface area contributed by atoms with E-state index >= 15 is 0 Å². The summed E-state index contributed by atoms with van der Waals surface area (Å²) in [5.41, 5.74) is 1.51. The number of hydrogen-bond acceptors (Lipinski definition) is 4. The highest BCUT2D eigenvalue weighted by molar-refractivity contribution is 5.96. The van der Waals surface area contributed by atoms with E-state index in [4.69, 9.17) is 4.74 Å². The van der Waals surface area contributed by atoms with Crippen molar-refractivity contribution in [1.29, 1.82) is 0 Å². The fraction of sp³-hybridized carbons (Fsp3) is 0.381. The number of amides is 2. The topological polar surface area (TPSA) is 91.8 Å². The highest BCUT2D eigenvalue weighted by atomic mass is 16.5. The number of rotatable bonds is 6. The summed E-state index contributed by atoms with van der Waals surface area (Å²) < 4.78 is 5.14. The third-order valence-corrected chi connectivity index (χ3v) is 5.14. The summed E-state index contributed by atoms with van der Waals surface area (Å²) in [4.78, 5) is 29.7. The number of carbonyl (C=O) groups is 2. The van der Waals surface area contributed by atoms with E-state index in [1.54, 1.807) is 18.3 Å². The van der Waals surface area contributed by atoms with Crippen molar-refractivity contribution in [3.05, 3.63) is 59.8 Å². The number of ether oxygens (including phenoxy) is 1. The lowest BCUT2D eigenvalue weighted by Crippen LogP contribution is -2.48. The van der Waals surface area contributed by atoms with Crippen LogP contribution in [0.5, 0.6) is 5.88 Å². The van der Waals surface area contributed by atoms with Crippen molar-refractivity contribution >= 4 is 12.0 Å². The number of nitrogens with zero attached hydrogens (tertiary/aromatic N) is 2. The predicted molar refractivity (Wildman–Crippen MR) is 105 cm³/mol. The van der Waals surface area contributed by atoms with E-state index in [1.807, 2.05) is 30.3 Å². The number of likely N-dealkylation sites (tertiary alicyclic amines) is 1. The number of hydrogen-bond donors (Lipinski definition) is 2. The van der Waals surface area contributed by atoms with Crippen LogP contribution in [-0.2, 0) is 6.42 Å². The zero-order chi connectivity index (χ0) is 19.9. The Bertz CT molecular complexity index is 812. The minimum atomic E-state index is -0.886. The van der Waals surface area contributed by atoms with Crippen molar-refractivity contribution in [3.63, 3.8) is 0 Å². The number of pyridine rings is 1. The Kier molecular flexibility index (Phi) is 6.47. The molecular formula is C21H25N3O4. The molecule has 2 unspecified atom stereocenters. The predicted octanol–water partition coefficient (Wildman–Crippen LogP) is 2.82. The van der Waals surface area contributed by atoms with Gasteiger partial charge in [0.2, 0.25) is 5.88 Å². The van der Waals surface area contributed by atoms with E-state index in [-0.39, 0.29) is 17.9 Å². The first-order valence-electron chi connectivity index (χ1n) is 9.39. The molecule has 0 spiro atoms. The van der Waals surface area contributed by atoms with E-state index in [0.29, 0.717) is 37.4 Å². The maximum Gasteiger partial charge on any atom is 0.407 e. The van der Waals surface area contributed by atoms with Crippen LogP contribution in [0.4, 0.5) is 4.79 Å². The van der Waals surface area contributed by atoms with Crippen LogP contribution in [0.2, 0.25) is 0 Å². The fourth-order valence-corrected chi connectivity index (χ4v) is 3.71. The molecule has 1 aliphatic rings. The molecule has 0 bridgehead atoms. The first kappa shape index (κ1) is 19.7. The number of nitrogens with one attached hydrogen (secondary N) is 1. The van der Waals surface area contributed by atoms with Crippen LogP contribution in [0.1, 0.15) is 28.8 Å². The van der Waals surface area contributed by atoms with Crippen molar-refractivity contribution in [3.8, 4) is 5.88 Å². The highest BCUT2D eigenvalue weighted by Gasteiger charge is 2.31. The molecule has 1 aromatic heterocycles. The van der Waals surface area contributed by atoms with Crippen LogP contribution < -0.4 is 10.1 Å². The third kappa shape index (κ3) is 4.79. The van der Waals surface area contributed by atoms with Gasteiger partial charge in [-0.25, -0.2) is 9.78 Å². The molecule has 2 aromatic rings. The molecule has 148 valence electrons. The lowest BCUT2D eigenvalue weighted by molar-refractivity contribution is 0.0831. The second kappa shape index (κ2) is 9.21. The van der Waals surface area contributed by atoms with Gasteiger partial charge in [0.1, 0.15) is 5.56 Å². The summed E-state index contributed by atoms with van der Waals surface area (Å²) in [6, 6.07) is 13.2. The second-order valence-corrected chi connectivity index (χ2v) is 6.98. The smallest absolute Gasteiger partial charge is 0.407 e. The largest absolute Gasteiger partial charge is 0.480 e. The molecule has 2 N–H and O–H groups in total. The molecule has 7 nitrogen and oxygen atoms in total. The third-order valence-electron chi connectivity index (χ3n) is 5.14. The molecule has 2 atom stereocenters. The summed E-state index contributed by atoms with van der Waals surface area (Å²) >= 11 is 0. The molecule has 2 amide bonds. The van der Waals surface area contributed by atoms with E-state index in [2.05, 4.69) is 10.3 Å². The Balaban J connectivity index is 1.61. The molecule has 3 rings (SSSR count). The van der Waals surface area contributed by atoms with Crippen LogP contribution in [0.3, 0.4) is 0 Å². The van der Waals surface area contributed by atoms with Gasteiger partial charge in [-0.3, -0.25) is 4.79 Å². The molecule has 0 aliphatic carbocycles. The van der Waals surface area contributed by atoms with Gasteiger partial charge in [0.25, 0.3) is 5.91 Å². The van der Waals surface area contributed by atoms with Crippen LogP contribution in [0.15, 0.2) is 48.7 Å². The summed E-state index contributed by atoms with van der Waals surface area (Å²) in [6.45, 7) is 0.971. The van der Waals surface area contributed by atoms with Crippen LogP contribution in [-0.4, -0.2) is 53.2 Å². The summed E-state index contributed by atoms with van der Waals surface area (Å²) in [6.07, 6.45) is 2.80. The van der Waals surface area contributed by atoms with E-state index < -0.39 is 6.09 Å². The minimum Gasteiger partial charge on any atom is -0.480 e. The first-order chi connectivity index (χ1) is 13.6. The summed E-state index contributed by atoms with van der Waals surface area (Å²) in [5.74, 6) is 0.281. The van der Waals surface area contributed by atoms with Gasteiger partial charge >= 0.3 is 6.09 Å². The van der Waals surface area contributed by atoms with Crippen molar-refractivity contribution in [2.24, 2.45) is 5.92 Å². The Morgan fingerprint density at radius 1 is 1.25 bits per heavy atom. The number of carboxylic acid groups (broad SMARTS) is 1. The Morgan fingerprint density at radius 2 is 2.04 bits per heavy atom. The van der Waals surface area contributed by atoms with Crippen molar-refractivity contribution in [2.45, 2.75) is 25.3 Å². The van der Waals surface area contributed by atoms with Gasteiger partial charge in [0, 0.05) is 25.3 Å². The molecule has 1 saturated heterocycles. The normalized spacial score (nSPS) is 19.1. The fourth-order valence-electron chi connectivity index (χ4n) is 3.71. The first-order valence-corrected chi connectivity index (χ1v) is 9.39. The Hall–Kier alpha value is -3.09. The average Bonchev–Trinajstić information content (AvgIpc) is 2.72. The lowest BCUT2D eigenvalue weighted by atomic mass is 9.87. The second-order valence-electron chi connectivity index (χ2n) is 6.98. The monoisotopic (exact) mass is 383 g/mol. The van der Waals surface area contributed by atoms with Crippen molar-refractivity contribution in [1.82, 2.24) is 15.2 Å². The summed E-state index contributed by atoms with van der Waals surface area (Å²) in [5, 5.41) is 12.5. The maximum absolute atomic E-state index is 12.5. The van der Waals surface area contributed by atoms with Gasteiger partial charge in [-0.15, -0.1) is 0 Å². The minimum absolute atomic E-state index is 0.0940. The molecule has 28 heavy (non-hydrogen) atoms. The highest BCUT2D eigenvalue weighted by Crippen LogP contribution is 2.25. The molecule has 7 heteroatoms. The van der Waals surface area contributed by atoms with Crippen molar-refractivity contribution in [2.75, 3.05) is 20.2 Å². The number of aromatic nitrogens is 1. The average molecular weight is 383 g/mol. The van der Waals surface area contributed by atoms with Crippen molar-refractivity contribution < 1.29 is 19.4 Å². The zero-order valence-corrected chi connectivity index (χ0v) is 15.9. The Morgan fingerprint density at radius 3 is 2.75 bits per heavy atom. The molecule has 1 aromatic carbocycles. The van der Waals surface area contributed by atoms with Gasteiger partial charge in [0.05, 0.1) is 7.11 Å². The molecule has 1 aliphatic heterocycles. The molecular weight excluding hydrogens is 358 g/mol. The number of methoxy groups -OCH3 is 1. The molecule has 1 fully saturated rings. The van der Waals surface area contributed by atoms with Gasteiger partial charge in [-0.2, -0.15) is 0 Å². The standard InChI is InChI=1S/C21H25N3O4/c1-28-20-18(8-5-10-22-20)19(25)23-14-16-9-11-24(21(26)27)17(13-16)12-15-6-3-2-4-7-15/h2-8,10,16-17H,9,11-14H2,1H3,(H,23,25)(H,26,27). The Labute approximate surface area is 164 Å². The van der Waals surface area contributed by atoms with Crippen LogP contribution in [0.25, 0.3) is 0 Å². The van der Waals surface area contributed by atoms with Crippen LogP contribution >= 0.6 is 0 Å². The van der Waals surface area contributed by atoms with Gasteiger partial charge in [0.15, 0.2) is 0 Å². The van der Waals surface area contributed by atoms with Gasteiger partial charge < -0.3 is 20.1 Å². The maximum atomic E-state index is 12.5. The van der Waals surface area contributed by atoms with Crippen LogP contribution in [0, 0.1) is 5.92 Å². The zero-order valence-electron chi connectivity index (χ0n) is 15.9. The number of carbonyl (C=O) groups excluding carboxylic acids is 1. The quantitative estimate of drug-likeness (QED) is 0.800. The molecule has 2 heterocycles. The van der Waals surface area contributed by atoms with E-state index in [0.717, 1.165) is 12.0 Å². The number of benzene rings is 1.